The molecule has 7 nitrogen and oxygen atoms in total. The third kappa shape index (κ3) is 4.20. The van der Waals surface area contributed by atoms with Crippen molar-refractivity contribution in [3.8, 4) is 21.3 Å². The molecule has 1 N–H and O–H groups in total. The quantitative estimate of drug-likeness (QED) is 0.364. The Morgan fingerprint density at radius 3 is 2.55 bits per heavy atom. The van der Waals surface area contributed by atoms with E-state index in [9.17, 15) is 4.79 Å². The Bertz CT molecular complexity index is 1270. The Morgan fingerprint density at radius 2 is 1.81 bits per heavy atom. The number of thiazole rings is 1. The van der Waals surface area contributed by atoms with Gasteiger partial charge in [0.05, 0.1) is 22.9 Å². The van der Waals surface area contributed by atoms with Crippen LogP contribution in [0.2, 0.25) is 0 Å². The van der Waals surface area contributed by atoms with Crippen LogP contribution < -0.4 is 10.3 Å². The summed E-state index contributed by atoms with van der Waals surface area (Å²) in [5.41, 5.74) is 3.24. The molecule has 0 unspecified atom stereocenters. The average Bonchev–Trinajstić information content (AvgIpc) is 3.33. The maximum atomic E-state index is 13.2. The van der Waals surface area contributed by atoms with E-state index in [4.69, 9.17) is 4.74 Å². The van der Waals surface area contributed by atoms with Crippen molar-refractivity contribution >= 4 is 22.7 Å². The van der Waals surface area contributed by atoms with Gasteiger partial charge < -0.3 is 4.74 Å². The molecule has 0 spiro atoms. The van der Waals surface area contributed by atoms with Crippen LogP contribution in [0.15, 0.2) is 69.6 Å². The third-order valence-corrected chi connectivity index (χ3v) is 5.92. The highest BCUT2D eigenvalue weighted by Crippen LogP contribution is 2.32. The lowest BCUT2D eigenvalue weighted by Crippen LogP contribution is -2.13. The van der Waals surface area contributed by atoms with Crippen LogP contribution in [0.1, 0.15) is 25.2 Å². The third-order valence-electron chi connectivity index (χ3n) is 4.73. The average molecular weight is 434 g/mol. The minimum absolute atomic E-state index is 0.275. The van der Waals surface area contributed by atoms with Gasteiger partial charge in [0.15, 0.2) is 5.69 Å². The van der Waals surface area contributed by atoms with E-state index in [0.717, 1.165) is 16.1 Å². The highest BCUT2D eigenvalue weighted by molar-refractivity contribution is 7.17. The standard InChI is InChI=1S/C23H23N5O2S/c1-4-17-20(26-25-18-13-9-10-14-19(18)30-5-2)22(29)28(27-17)23-24-15(3)21(31-23)16-11-7-6-8-12-16/h6-14,27H,4-5H2,1-3H3. The fourth-order valence-corrected chi connectivity index (χ4v) is 4.25. The van der Waals surface area contributed by atoms with Crippen LogP contribution in [0.5, 0.6) is 5.75 Å². The van der Waals surface area contributed by atoms with Gasteiger partial charge in [-0.25, -0.2) is 4.98 Å². The highest BCUT2D eigenvalue weighted by atomic mass is 32.1. The summed E-state index contributed by atoms with van der Waals surface area (Å²) in [5, 5.41) is 12.3. The predicted molar refractivity (Wildman–Crippen MR) is 123 cm³/mol. The van der Waals surface area contributed by atoms with Crippen molar-refractivity contribution in [2.75, 3.05) is 6.61 Å². The maximum absolute atomic E-state index is 13.2. The van der Waals surface area contributed by atoms with E-state index >= 15 is 0 Å². The second-order valence-electron chi connectivity index (χ2n) is 6.81. The number of hydrogen-bond acceptors (Lipinski definition) is 6. The number of nitrogens with zero attached hydrogens (tertiary/aromatic N) is 4. The largest absolute Gasteiger partial charge is 0.492 e. The molecule has 0 aliphatic rings. The minimum atomic E-state index is -0.275. The predicted octanol–water partition coefficient (Wildman–Crippen LogP) is 5.97. The molecule has 0 saturated carbocycles. The fraction of sp³-hybridized carbons (Fsp3) is 0.217. The van der Waals surface area contributed by atoms with Gasteiger partial charge in [-0.2, -0.15) is 4.68 Å². The molecule has 0 aliphatic carbocycles. The topological polar surface area (TPSA) is 84.6 Å². The fourth-order valence-electron chi connectivity index (χ4n) is 3.21. The van der Waals surface area contributed by atoms with Crippen LogP contribution in [-0.2, 0) is 6.42 Å². The molecule has 4 rings (SSSR count). The summed E-state index contributed by atoms with van der Waals surface area (Å²) in [6, 6.07) is 17.4. The number of aromatic amines is 1. The van der Waals surface area contributed by atoms with E-state index in [1.165, 1.54) is 16.0 Å². The number of aryl methyl sites for hydroxylation is 2. The molecule has 0 aliphatic heterocycles. The molecule has 0 saturated heterocycles. The van der Waals surface area contributed by atoms with Crippen molar-refractivity contribution < 1.29 is 4.74 Å². The van der Waals surface area contributed by atoms with E-state index in [2.05, 4.69) is 20.3 Å². The van der Waals surface area contributed by atoms with Crippen molar-refractivity contribution in [2.45, 2.75) is 27.2 Å². The van der Waals surface area contributed by atoms with Crippen LogP contribution >= 0.6 is 11.3 Å². The molecule has 0 fully saturated rings. The first kappa shape index (κ1) is 20.7. The van der Waals surface area contributed by atoms with Gasteiger partial charge in [-0.05, 0) is 38.0 Å². The van der Waals surface area contributed by atoms with Gasteiger partial charge in [0.25, 0.3) is 0 Å². The Labute approximate surface area is 184 Å². The molecule has 4 aromatic rings. The van der Waals surface area contributed by atoms with E-state index < -0.39 is 0 Å². The number of rotatable bonds is 7. The van der Waals surface area contributed by atoms with Crippen molar-refractivity contribution in [3.05, 3.63) is 76.3 Å². The Balaban J connectivity index is 1.73. The van der Waals surface area contributed by atoms with E-state index in [0.29, 0.717) is 35.3 Å². The monoisotopic (exact) mass is 433 g/mol. The maximum Gasteiger partial charge on any atom is 0.301 e. The van der Waals surface area contributed by atoms with Crippen molar-refractivity contribution in [1.82, 2.24) is 14.8 Å². The number of hydrogen-bond donors (Lipinski definition) is 1. The van der Waals surface area contributed by atoms with Gasteiger partial charge in [0.2, 0.25) is 5.13 Å². The number of para-hydroxylation sites is 1. The summed E-state index contributed by atoms with van der Waals surface area (Å²) < 4.78 is 7.04. The van der Waals surface area contributed by atoms with E-state index in [1.54, 1.807) is 0 Å². The van der Waals surface area contributed by atoms with E-state index in [1.807, 2.05) is 75.4 Å². The number of benzene rings is 2. The normalized spacial score (nSPS) is 11.3. The van der Waals surface area contributed by atoms with Crippen molar-refractivity contribution in [3.63, 3.8) is 0 Å². The summed E-state index contributed by atoms with van der Waals surface area (Å²) in [5.74, 6) is 0.630. The van der Waals surface area contributed by atoms with Crippen molar-refractivity contribution in [2.24, 2.45) is 10.2 Å². The zero-order chi connectivity index (χ0) is 21.8. The summed E-state index contributed by atoms with van der Waals surface area (Å²) in [4.78, 5) is 18.8. The lowest BCUT2D eigenvalue weighted by Gasteiger charge is -2.04. The molecule has 0 bridgehead atoms. The number of azo groups is 1. The van der Waals surface area contributed by atoms with Crippen LogP contribution in [0.3, 0.4) is 0 Å². The summed E-state index contributed by atoms with van der Waals surface area (Å²) >= 11 is 1.46. The molecule has 0 radical (unpaired) electrons. The molecular weight excluding hydrogens is 410 g/mol. The SMILES string of the molecule is CCOc1ccccc1N=Nc1c(CC)[nH]n(-c2nc(C)c(-c3ccccc3)s2)c1=O. The lowest BCUT2D eigenvalue weighted by molar-refractivity contribution is 0.341. The van der Waals surface area contributed by atoms with E-state index in [-0.39, 0.29) is 11.2 Å². The Kier molecular flexibility index (Phi) is 6.08. The molecular formula is C23H23N5O2S. The lowest BCUT2D eigenvalue weighted by atomic mass is 10.2. The van der Waals surface area contributed by atoms with Crippen LogP contribution in [0, 0.1) is 6.92 Å². The van der Waals surface area contributed by atoms with Crippen molar-refractivity contribution in [1.29, 1.82) is 0 Å². The summed E-state index contributed by atoms with van der Waals surface area (Å²) in [7, 11) is 0. The van der Waals surface area contributed by atoms with Gasteiger partial charge in [-0.15, -0.1) is 10.2 Å². The van der Waals surface area contributed by atoms with Gasteiger partial charge in [0.1, 0.15) is 11.4 Å². The number of nitrogens with one attached hydrogen (secondary N) is 1. The molecule has 2 heterocycles. The zero-order valence-corrected chi connectivity index (χ0v) is 18.4. The molecule has 2 aromatic carbocycles. The van der Waals surface area contributed by atoms with Crippen LogP contribution in [0.4, 0.5) is 11.4 Å². The first-order valence-corrected chi connectivity index (χ1v) is 10.9. The summed E-state index contributed by atoms with van der Waals surface area (Å²) in [6.07, 6.45) is 0.611. The van der Waals surface area contributed by atoms with Gasteiger partial charge in [-0.3, -0.25) is 9.89 Å². The first-order valence-electron chi connectivity index (χ1n) is 10.1. The van der Waals surface area contributed by atoms with Gasteiger partial charge in [0, 0.05) is 0 Å². The molecule has 8 heteroatoms. The molecule has 0 amide bonds. The van der Waals surface area contributed by atoms with Crippen LogP contribution in [-0.4, -0.2) is 21.4 Å². The smallest absolute Gasteiger partial charge is 0.301 e. The number of aromatic nitrogens is 3. The molecule has 0 atom stereocenters. The van der Waals surface area contributed by atoms with Gasteiger partial charge in [-0.1, -0.05) is 60.7 Å². The summed E-state index contributed by atoms with van der Waals surface area (Å²) in [6.45, 7) is 6.35. The Morgan fingerprint density at radius 1 is 1.06 bits per heavy atom. The molecule has 158 valence electrons. The number of ether oxygens (including phenoxy) is 1. The Hall–Kier alpha value is -3.52. The minimum Gasteiger partial charge on any atom is -0.492 e. The number of H-pyrrole nitrogens is 1. The molecule has 31 heavy (non-hydrogen) atoms. The van der Waals surface area contributed by atoms with Crippen LogP contribution in [0.25, 0.3) is 15.6 Å². The van der Waals surface area contributed by atoms with Gasteiger partial charge >= 0.3 is 5.56 Å². The zero-order valence-electron chi connectivity index (χ0n) is 17.6. The highest BCUT2D eigenvalue weighted by Gasteiger charge is 2.18. The second-order valence-corrected chi connectivity index (χ2v) is 7.79. The molecule has 2 aromatic heterocycles. The first-order chi connectivity index (χ1) is 15.1. The second kappa shape index (κ2) is 9.09.